The molecule has 0 spiro atoms. The van der Waals surface area contributed by atoms with Crippen molar-refractivity contribution in [3.63, 3.8) is 0 Å². The molecule has 2 unspecified atom stereocenters. The van der Waals surface area contributed by atoms with Gasteiger partial charge in [-0.25, -0.2) is 4.98 Å². The summed E-state index contributed by atoms with van der Waals surface area (Å²) >= 11 is 0. The maximum atomic E-state index is 5.94. The van der Waals surface area contributed by atoms with Gasteiger partial charge in [-0.2, -0.15) is 0 Å². The van der Waals surface area contributed by atoms with Gasteiger partial charge in [0, 0.05) is 12.0 Å². The van der Waals surface area contributed by atoms with Crippen LogP contribution >= 0.6 is 0 Å². The van der Waals surface area contributed by atoms with E-state index in [1.807, 2.05) is 7.05 Å². The Morgan fingerprint density at radius 2 is 1.90 bits per heavy atom. The number of rotatable bonds is 3. The quantitative estimate of drug-likeness (QED) is 0.914. The van der Waals surface area contributed by atoms with E-state index in [9.17, 15) is 0 Å². The zero-order valence-electron chi connectivity index (χ0n) is 13.0. The van der Waals surface area contributed by atoms with Gasteiger partial charge in [-0.1, -0.05) is 13.8 Å². The third-order valence-electron chi connectivity index (χ3n) is 6.09. The Labute approximate surface area is 121 Å². The van der Waals surface area contributed by atoms with E-state index in [-0.39, 0.29) is 5.41 Å². The summed E-state index contributed by atoms with van der Waals surface area (Å²) in [5.74, 6) is 2.10. The van der Waals surface area contributed by atoms with E-state index < -0.39 is 0 Å². The van der Waals surface area contributed by atoms with Crippen LogP contribution in [0.5, 0.6) is 0 Å². The first-order valence-corrected chi connectivity index (χ1v) is 8.04. The van der Waals surface area contributed by atoms with Crippen molar-refractivity contribution in [2.45, 2.75) is 64.3 Å². The van der Waals surface area contributed by atoms with Crippen LogP contribution in [0.15, 0.2) is 10.8 Å². The van der Waals surface area contributed by atoms with Gasteiger partial charge in [-0.05, 0) is 62.3 Å². The predicted octanol–water partition coefficient (Wildman–Crippen LogP) is 3.64. The molecule has 0 amide bonds. The van der Waals surface area contributed by atoms with E-state index in [2.05, 4.69) is 24.1 Å². The minimum absolute atomic E-state index is 0.269. The second kappa shape index (κ2) is 3.88. The lowest BCUT2D eigenvalue weighted by molar-refractivity contribution is -0.116. The molecular weight excluding hydrogens is 248 g/mol. The number of nitrogens with one attached hydrogen (secondary N) is 1. The molecule has 3 heteroatoms. The summed E-state index contributed by atoms with van der Waals surface area (Å²) in [7, 11) is 1.99. The fourth-order valence-electron chi connectivity index (χ4n) is 6.69. The molecule has 1 aromatic rings. The second-order valence-corrected chi connectivity index (χ2v) is 8.57. The lowest BCUT2D eigenvalue weighted by Crippen LogP contribution is -2.57. The molecule has 1 N–H and O–H groups in total. The molecule has 0 aromatic carbocycles. The van der Waals surface area contributed by atoms with Crippen LogP contribution in [0, 0.1) is 16.7 Å². The summed E-state index contributed by atoms with van der Waals surface area (Å²) in [4.78, 5) is 4.48. The van der Waals surface area contributed by atoms with Crippen molar-refractivity contribution < 1.29 is 4.42 Å². The summed E-state index contributed by atoms with van der Waals surface area (Å²) in [6.07, 6.45) is 9.86. The average Bonchev–Trinajstić information content (AvgIpc) is 2.73. The number of hydrogen-bond donors (Lipinski definition) is 1. The highest BCUT2D eigenvalue weighted by Crippen LogP contribution is 2.70. The van der Waals surface area contributed by atoms with Crippen LogP contribution in [-0.2, 0) is 12.0 Å². The van der Waals surface area contributed by atoms with Crippen LogP contribution in [0.4, 0.5) is 0 Å². The Bertz CT molecular complexity index is 517. The van der Waals surface area contributed by atoms with Crippen LogP contribution in [0.2, 0.25) is 0 Å². The molecule has 4 bridgehead atoms. The smallest absolute Gasteiger partial charge is 0.181 e. The Kier molecular flexibility index (Phi) is 2.50. The first-order valence-electron chi connectivity index (χ1n) is 8.04. The molecule has 0 radical (unpaired) electrons. The van der Waals surface area contributed by atoms with Crippen molar-refractivity contribution in [1.29, 1.82) is 0 Å². The Morgan fingerprint density at radius 1 is 1.20 bits per heavy atom. The molecule has 2 atom stereocenters. The number of hydrogen-bond acceptors (Lipinski definition) is 3. The summed E-state index contributed by atoms with van der Waals surface area (Å²) in [6, 6.07) is 0. The molecule has 4 aliphatic carbocycles. The maximum Gasteiger partial charge on any atom is 0.181 e. The monoisotopic (exact) mass is 274 g/mol. The molecule has 0 saturated heterocycles. The third kappa shape index (κ3) is 1.71. The summed E-state index contributed by atoms with van der Waals surface area (Å²) < 4.78 is 5.94. The molecule has 0 aliphatic heterocycles. The third-order valence-corrected chi connectivity index (χ3v) is 6.09. The summed E-state index contributed by atoms with van der Waals surface area (Å²) in [5.41, 5.74) is 2.46. The zero-order valence-corrected chi connectivity index (χ0v) is 13.0. The minimum atomic E-state index is 0.269. The van der Waals surface area contributed by atoms with Gasteiger partial charge in [0.25, 0.3) is 0 Å². The van der Waals surface area contributed by atoms with Gasteiger partial charge < -0.3 is 9.73 Å². The van der Waals surface area contributed by atoms with E-state index in [0.717, 1.165) is 18.2 Å². The molecule has 1 heterocycles. The van der Waals surface area contributed by atoms with Crippen molar-refractivity contribution in [2.75, 3.05) is 7.05 Å². The van der Waals surface area contributed by atoms with Gasteiger partial charge in [0.2, 0.25) is 0 Å². The fraction of sp³-hybridized carbons (Fsp3) is 0.824. The lowest BCUT2D eigenvalue weighted by atomic mass is 9.40. The lowest BCUT2D eigenvalue weighted by Gasteiger charge is -2.64. The molecule has 4 aliphatic rings. The highest BCUT2D eigenvalue weighted by Gasteiger charge is 2.62. The first-order chi connectivity index (χ1) is 9.46. The number of aromatic nitrogens is 1. The van der Waals surface area contributed by atoms with Gasteiger partial charge >= 0.3 is 0 Å². The highest BCUT2D eigenvalue weighted by atomic mass is 16.3. The second-order valence-electron chi connectivity index (χ2n) is 8.57. The topological polar surface area (TPSA) is 38.1 Å². The SMILES string of the molecule is CNCc1ncoc1C12CC3CC(C)(CC(C)(C3)C1)C2. The van der Waals surface area contributed by atoms with Crippen molar-refractivity contribution in [3.8, 4) is 0 Å². The zero-order chi connectivity index (χ0) is 14.0. The van der Waals surface area contributed by atoms with E-state index in [1.54, 1.807) is 6.39 Å². The molecular formula is C17H26N2O. The van der Waals surface area contributed by atoms with Gasteiger partial charge in [-0.3, -0.25) is 0 Å². The number of oxazole rings is 1. The van der Waals surface area contributed by atoms with Crippen LogP contribution in [0.3, 0.4) is 0 Å². The molecule has 3 nitrogen and oxygen atoms in total. The van der Waals surface area contributed by atoms with Gasteiger partial charge in [0.05, 0.1) is 5.69 Å². The van der Waals surface area contributed by atoms with Crippen molar-refractivity contribution in [2.24, 2.45) is 16.7 Å². The van der Waals surface area contributed by atoms with Gasteiger partial charge in [-0.15, -0.1) is 0 Å². The molecule has 1 aromatic heterocycles. The van der Waals surface area contributed by atoms with Gasteiger partial charge in [0.1, 0.15) is 5.76 Å². The minimum Gasteiger partial charge on any atom is -0.448 e. The van der Waals surface area contributed by atoms with E-state index in [0.29, 0.717) is 10.8 Å². The molecule has 110 valence electrons. The summed E-state index contributed by atoms with van der Waals surface area (Å²) in [6.45, 7) is 5.85. The maximum absolute atomic E-state index is 5.94. The van der Waals surface area contributed by atoms with Crippen molar-refractivity contribution in [3.05, 3.63) is 17.8 Å². The highest BCUT2D eigenvalue weighted by molar-refractivity contribution is 5.27. The van der Waals surface area contributed by atoms with Crippen LogP contribution < -0.4 is 5.32 Å². The van der Waals surface area contributed by atoms with Crippen molar-refractivity contribution >= 4 is 0 Å². The van der Waals surface area contributed by atoms with Gasteiger partial charge in [0.15, 0.2) is 6.39 Å². The molecule has 5 rings (SSSR count). The Morgan fingerprint density at radius 3 is 2.50 bits per heavy atom. The normalized spacial score (nSPS) is 46.0. The van der Waals surface area contributed by atoms with Crippen LogP contribution in [0.25, 0.3) is 0 Å². The van der Waals surface area contributed by atoms with Crippen LogP contribution in [-0.4, -0.2) is 12.0 Å². The summed E-state index contributed by atoms with van der Waals surface area (Å²) in [5, 5.41) is 3.24. The van der Waals surface area contributed by atoms with E-state index in [1.165, 1.54) is 44.3 Å². The predicted molar refractivity (Wildman–Crippen MR) is 78.4 cm³/mol. The first kappa shape index (κ1) is 12.9. The standard InChI is InChI=1S/C17H26N2O/c1-15-4-12-5-16(2,8-15)10-17(6-12,9-15)14-13(7-18-3)19-11-20-14/h11-12,18H,4-10H2,1-3H3. The Hall–Kier alpha value is -0.830. The van der Waals surface area contributed by atoms with Crippen molar-refractivity contribution in [1.82, 2.24) is 10.3 Å². The molecule has 4 fully saturated rings. The Balaban J connectivity index is 1.78. The average molecular weight is 274 g/mol. The fourth-order valence-corrected chi connectivity index (χ4v) is 6.69. The van der Waals surface area contributed by atoms with E-state index in [4.69, 9.17) is 4.42 Å². The van der Waals surface area contributed by atoms with Crippen LogP contribution in [0.1, 0.15) is 63.8 Å². The largest absolute Gasteiger partial charge is 0.448 e. The molecule has 4 saturated carbocycles. The van der Waals surface area contributed by atoms with E-state index >= 15 is 0 Å². The molecule has 20 heavy (non-hydrogen) atoms. The number of nitrogens with zero attached hydrogens (tertiary/aromatic N) is 1.